The van der Waals surface area contributed by atoms with Crippen LogP contribution in [0.3, 0.4) is 0 Å². The molecule has 0 spiro atoms. The van der Waals surface area contributed by atoms with Crippen LogP contribution in [0.1, 0.15) is 64.3 Å². The number of nitrogens with zero attached hydrogens (tertiary/aromatic N) is 2. The summed E-state index contributed by atoms with van der Waals surface area (Å²) in [5.41, 5.74) is 7.00. The molecule has 1 heterocycles. The van der Waals surface area contributed by atoms with Gasteiger partial charge in [0.15, 0.2) is 0 Å². The van der Waals surface area contributed by atoms with E-state index in [1.165, 1.54) is 19.3 Å². The van der Waals surface area contributed by atoms with Crippen LogP contribution in [0, 0.1) is 18.8 Å². The number of rotatable bonds is 3. The lowest BCUT2D eigenvalue weighted by molar-refractivity contribution is 0.276. The largest absolute Gasteiger partial charge is 0.383 e. The molecule has 112 valence electrons. The Hall–Kier alpha value is -1.32. The summed E-state index contributed by atoms with van der Waals surface area (Å²) in [5, 5.41) is 3.62. The molecule has 2 rings (SSSR count). The zero-order chi connectivity index (χ0) is 14.9. The Kier molecular flexibility index (Phi) is 4.51. The molecule has 0 radical (unpaired) electrons. The first-order valence-electron chi connectivity index (χ1n) is 7.79. The van der Waals surface area contributed by atoms with Gasteiger partial charge in [0.2, 0.25) is 0 Å². The Balaban J connectivity index is 2.20. The van der Waals surface area contributed by atoms with Crippen molar-refractivity contribution >= 4 is 11.6 Å². The molecule has 3 unspecified atom stereocenters. The second-order valence-corrected chi connectivity index (χ2v) is 6.74. The second kappa shape index (κ2) is 5.98. The highest BCUT2D eigenvalue weighted by Gasteiger charge is 2.26. The van der Waals surface area contributed by atoms with Crippen LogP contribution in [-0.4, -0.2) is 16.0 Å². The average molecular weight is 276 g/mol. The number of nitrogen functional groups attached to an aromatic ring is 1. The minimum atomic E-state index is 0.294. The van der Waals surface area contributed by atoms with Gasteiger partial charge in [0.1, 0.15) is 17.5 Å². The summed E-state index contributed by atoms with van der Waals surface area (Å²) in [6.07, 6.45) is 3.79. The van der Waals surface area contributed by atoms with E-state index < -0.39 is 0 Å². The van der Waals surface area contributed by atoms with Gasteiger partial charge in [-0.25, -0.2) is 9.97 Å². The lowest BCUT2D eigenvalue weighted by Gasteiger charge is -2.34. The van der Waals surface area contributed by atoms with Gasteiger partial charge in [0, 0.05) is 17.5 Å². The Morgan fingerprint density at radius 3 is 2.50 bits per heavy atom. The van der Waals surface area contributed by atoms with Gasteiger partial charge >= 0.3 is 0 Å². The lowest BCUT2D eigenvalue weighted by atomic mass is 9.80. The van der Waals surface area contributed by atoms with Gasteiger partial charge in [-0.05, 0) is 38.0 Å². The van der Waals surface area contributed by atoms with E-state index in [2.05, 4.69) is 43.0 Å². The van der Waals surface area contributed by atoms with Crippen molar-refractivity contribution in [2.75, 3.05) is 11.1 Å². The topological polar surface area (TPSA) is 63.8 Å². The molecule has 3 atom stereocenters. The normalized spacial score (nSPS) is 26.8. The minimum Gasteiger partial charge on any atom is -0.383 e. The highest BCUT2D eigenvalue weighted by molar-refractivity contribution is 5.55. The van der Waals surface area contributed by atoms with Crippen molar-refractivity contribution in [1.29, 1.82) is 0 Å². The molecule has 1 aromatic rings. The van der Waals surface area contributed by atoms with Gasteiger partial charge in [0.05, 0.1) is 0 Å². The Morgan fingerprint density at radius 2 is 1.90 bits per heavy atom. The molecule has 1 aliphatic carbocycles. The first kappa shape index (κ1) is 15.1. The van der Waals surface area contributed by atoms with Crippen molar-refractivity contribution in [3.63, 3.8) is 0 Å². The Labute approximate surface area is 122 Å². The van der Waals surface area contributed by atoms with Crippen LogP contribution in [0.2, 0.25) is 0 Å². The summed E-state index contributed by atoms with van der Waals surface area (Å²) in [6, 6.07) is 0.499. The summed E-state index contributed by atoms with van der Waals surface area (Å²) in [7, 11) is 0. The molecule has 0 bridgehead atoms. The average Bonchev–Trinajstić information content (AvgIpc) is 2.37. The molecule has 1 fully saturated rings. The lowest BCUT2D eigenvalue weighted by Crippen LogP contribution is -2.33. The third-order valence-corrected chi connectivity index (χ3v) is 4.47. The van der Waals surface area contributed by atoms with E-state index >= 15 is 0 Å². The smallest absolute Gasteiger partial charge is 0.135 e. The van der Waals surface area contributed by atoms with Crippen LogP contribution in [0.4, 0.5) is 11.6 Å². The van der Waals surface area contributed by atoms with E-state index in [0.717, 1.165) is 23.1 Å². The molecule has 4 nitrogen and oxygen atoms in total. The van der Waals surface area contributed by atoms with Crippen molar-refractivity contribution in [2.45, 2.75) is 65.8 Å². The maximum atomic E-state index is 6.03. The molecule has 4 heteroatoms. The van der Waals surface area contributed by atoms with Crippen molar-refractivity contribution in [2.24, 2.45) is 11.8 Å². The Bertz CT molecular complexity index is 470. The predicted molar refractivity (Wildman–Crippen MR) is 84.9 cm³/mol. The van der Waals surface area contributed by atoms with Gasteiger partial charge < -0.3 is 11.1 Å². The molecule has 0 saturated heterocycles. The van der Waals surface area contributed by atoms with Crippen molar-refractivity contribution in [1.82, 2.24) is 9.97 Å². The molecule has 1 aromatic heterocycles. The van der Waals surface area contributed by atoms with E-state index in [0.29, 0.717) is 23.7 Å². The second-order valence-electron chi connectivity index (χ2n) is 6.74. The number of nitrogens with two attached hydrogens (primary N) is 1. The van der Waals surface area contributed by atoms with Crippen molar-refractivity contribution in [3.8, 4) is 0 Å². The van der Waals surface area contributed by atoms with Crippen molar-refractivity contribution < 1.29 is 0 Å². The molecule has 20 heavy (non-hydrogen) atoms. The van der Waals surface area contributed by atoms with Gasteiger partial charge in [-0.2, -0.15) is 0 Å². The van der Waals surface area contributed by atoms with Crippen LogP contribution in [-0.2, 0) is 0 Å². The first-order chi connectivity index (χ1) is 9.38. The monoisotopic (exact) mass is 276 g/mol. The van der Waals surface area contributed by atoms with Crippen molar-refractivity contribution in [3.05, 3.63) is 11.4 Å². The molecule has 1 saturated carbocycles. The standard InChI is InChI=1S/C16H28N4/c1-9(2)15-19-14(17)12(5)16(20-15)18-13-7-6-10(3)8-11(13)4/h9-11,13H,6-8H2,1-5H3,(H3,17,18,19,20). The summed E-state index contributed by atoms with van der Waals surface area (Å²) >= 11 is 0. The highest BCUT2D eigenvalue weighted by Crippen LogP contribution is 2.31. The molecule has 0 aromatic carbocycles. The fourth-order valence-corrected chi connectivity index (χ4v) is 3.01. The fraction of sp³-hybridized carbons (Fsp3) is 0.750. The van der Waals surface area contributed by atoms with E-state index in [4.69, 9.17) is 5.73 Å². The predicted octanol–water partition coefficient (Wildman–Crippen LogP) is 3.73. The fourth-order valence-electron chi connectivity index (χ4n) is 3.01. The first-order valence-corrected chi connectivity index (χ1v) is 7.79. The quantitative estimate of drug-likeness (QED) is 0.883. The summed E-state index contributed by atoms with van der Waals surface area (Å²) in [5.74, 6) is 4.16. The summed E-state index contributed by atoms with van der Waals surface area (Å²) in [6.45, 7) is 10.9. The number of aromatic nitrogens is 2. The minimum absolute atomic E-state index is 0.294. The van der Waals surface area contributed by atoms with Crippen LogP contribution in [0.15, 0.2) is 0 Å². The molecule has 3 N–H and O–H groups in total. The summed E-state index contributed by atoms with van der Waals surface area (Å²) < 4.78 is 0. The molecular weight excluding hydrogens is 248 g/mol. The van der Waals surface area contributed by atoms with Gasteiger partial charge in [0.25, 0.3) is 0 Å². The van der Waals surface area contributed by atoms with Gasteiger partial charge in [-0.3, -0.25) is 0 Å². The number of nitrogens with one attached hydrogen (secondary N) is 1. The molecular formula is C16H28N4. The highest BCUT2D eigenvalue weighted by atomic mass is 15.1. The van der Waals surface area contributed by atoms with Gasteiger partial charge in [-0.15, -0.1) is 0 Å². The van der Waals surface area contributed by atoms with Crippen LogP contribution in [0.5, 0.6) is 0 Å². The van der Waals surface area contributed by atoms with Crippen LogP contribution < -0.4 is 11.1 Å². The van der Waals surface area contributed by atoms with Gasteiger partial charge in [-0.1, -0.05) is 27.7 Å². The zero-order valence-corrected chi connectivity index (χ0v) is 13.4. The number of hydrogen-bond donors (Lipinski definition) is 2. The number of anilines is 2. The van der Waals surface area contributed by atoms with Crippen LogP contribution in [0.25, 0.3) is 0 Å². The number of hydrogen-bond acceptors (Lipinski definition) is 4. The van der Waals surface area contributed by atoms with E-state index in [9.17, 15) is 0 Å². The van der Waals surface area contributed by atoms with Crippen LogP contribution >= 0.6 is 0 Å². The SMILES string of the molecule is Cc1c(N)nc(C(C)C)nc1NC1CCC(C)CC1C. The molecule has 1 aliphatic rings. The third-order valence-electron chi connectivity index (χ3n) is 4.47. The Morgan fingerprint density at radius 1 is 1.20 bits per heavy atom. The van der Waals surface area contributed by atoms with E-state index in [-0.39, 0.29) is 0 Å². The maximum absolute atomic E-state index is 6.03. The zero-order valence-electron chi connectivity index (χ0n) is 13.4. The maximum Gasteiger partial charge on any atom is 0.135 e. The molecule has 0 aliphatic heterocycles. The van der Waals surface area contributed by atoms with E-state index in [1.54, 1.807) is 0 Å². The molecule has 0 amide bonds. The van der Waals surface area contributed by atoms with E-state index in [1.807, 2.05) is 6.92 Å². The summed E-state index contributed by atoms with van der Waals surface area (Å²) in [4.78, 5) is 9.06. The third kappa shape index (κ3) is 3.22.